The zero-order valence-electron chi connectivity index (χ0n) is 12.9. The van der Waals surface area contributed by atoms with Gasteiger partial charge in [0.1, 0.15) is 0 Å². The lowest BCUT2D eigenvalue weighted by Gasteiger charge is -2.39. The molecule has 0 bridgehead atoms. The Bertz CT molecular complexity index is 202. The molecule has 0 radical (unpaired) electrons. The number of hydrogen-bond donors (Lipinski definition) is 1. The highest BCUT2D eigenvalue weighted by Crippen LogP contribution is 2.34. The fourth-order valence-electron chi connectivity index (χ4n) is 2.79. The molecular formula is C16H33NO. The summed E-state index contributed by atoms with van der Waals surface area (Å²) in [6.07, 6.45) is 7.63. The van der Waals surface area contributed by atoms with E-state index >= 15 is 0 Å². The molecule has 1 fully saturated rings. The van der Waals surface area contributed by atoms with Crippen LogP contribution in [-0.4, -0.2) is 25.3 Å². The van der Waals surface area contributed by atoms with Crippen molar-refractivity contribution < 1.29 is 4.74 Å². The lowest BCUT2D eigenvalue weighted by Crippen LogP contribution is -2.46. The normalized spacial score (nSPS) is 28.8. The third-order valence-corrected chi connectivity index (χ3v) is 4.22. The van der Waals surface area contributed by atoms with Gasteiger partial charge in [-0.25, -0.2) is 0 Å². The van der Waals surface area contributed by atoms with Gasteiger partial charge in [0.05, 0.1) is 5.60 Å². The van der Waals surface area contributed by atoms with Gasteiger partial charge >= 0.3 is 0 Å². The molecule has 0 amide bonds. The summed E-state index contributed by atoms with van der Waals surface area (Å²) in [5, 5.41) is 3.50. The minimum absolute atomic E-state index is 0.138. The first-order valence-electron chi connectivity index (χ1n) is 7.92. The minimum Gasteiger partial charge on any atom is -0.374 e. The second-order valence-corrected chi connectivity index (χ2v) is 6.53. The van der Waals surface area contributed by atoms with Crippen molar-refractivity contribution in [2.24, 2.45) is 11.8 Å². The van der Waals surface area contributed by atoms with Crippen LogP contribution in [0.2, 0.25) is 0 Å². The van der Waals surface area contributed by atoms with Crippen molar-refractivity contribution in [2.75, 3.05) is 19.7 Å². The third-order valence-electron chi connectivity index (χ3n) is 4.22. The topological polar surface area (TPSA) is 21.3 Å². The molecule has 2 nitrogen and oxygen atoms in total. The summed E-state index contributed by atoms with van der Waals surface area (Å²) in [5.74, 6) is 1.68. The second-order valence-electron chi connectivity index (χ2n) is 6.53. The highest BCUT2D eigenvalue weighted by atomic mass is 16.5. The van der Waals surface area contributed by atoms with Gasteiger partial charge in [-0.1, -0.05) is 27.7 Å². The molecule has 0 unspecified atom stereocenters. The predicted molar refractivity (Wildman–Crippen MR) is 78.9 cm³/mol. The first-order valence-corrected chi connectivity index (χ1v) is 7.92. The predicted octanol–water partition coefficient (Wildman–Crippen LogP) is 4.00. The maximum Gasteiger partial charge on any atom is 0.0806 e. The van der Waals surface area contributed by atoms with E-state index in [4.69, 9.17) is 4.74 Å². The van der Waals surface area contributed by atoms with Gasteiger partial charge in [0.25, 0.3) is 0 Å². The van der Waals surface area contributed by atoms with Gasteiger partial charge in [0.15, 0.2) is 0 Å². The van der Waals surface area contributed by atoms with Gasteiger partial charge in [-0.3, -0.25) is 0 Å². The Morgan fingerprint density at radius 1 is 1.28 bits per heavy atom. The molecule has 1 rings (SSSR count). The van der Waals surface area contributed by atoms with Crippen molar-refractivity contribution in [3.05, 3.63) is 0 Å². The summed E-state index contributed by atoms with van der Waals surface area (Å²) in [7, 11) is 0. The summed E-state index contributed by atoms with van der Waals surface area (Å²) in [4.78, 5) is 0. The average molecular weight is 255 g/mol. The molecule has 0 saturated heterocycles. The summed E-state index contributed by atoms with van der Waals surface area (Å²) >= 11 is 0. The first kappa shape index (κ1) is 16.0. The van der Waals surface area contributed by atoms with Crippen molar-refractivity contribution >= 4 is 0 Å². The largest absolute Gasteiger partial charge is 0.374 e. The average Bonchev–Trinajstić information content (AvgIpc) is 2.35. The van der Waals surface area contributed by atoms with E-state index in [1.807, 2.05) is 0 Å². The van der Waals surface area contributed by atoms with E-state index in [-0.39, 0.29) is 5.60 Å². The van der Waals surface area contributed by atoms with E-state index in [9.17, 15) is 0 Å². The Kier molecular flexibility index (Phi) is 7.25. The van der Waals surface area contributed by atoms with Crippen LogP contribution in [0.3, 0.4) is 0 Å². The van der Waals surface area contributed by atoms with Gasteiger partial charge in [-0.15, -0.1) is 0 Å². The van der Waals surface area contributed by atoms with E-state index < -0.39 is 0 Å². The molecule has 0 spiro atoms. The Balaban J connectivity index is 2.35. The second kappa shape index (κ2) is 8.16. The van der Waals surface area contributed by atoms with Crippen molar-refractivity contribution in [1.82, 2.24) is 5.32 Å². The first-order chi connectivity index (χ1) is 8.58. The molecule has 2 heteroatoms. The van der Waals surface area contributed by atoms with Gasteiger partial charge in [-0.05, 0) is 56.9 Å². The van der Waals surface area contributed by atoms with Crippen LogP contribution in [0.4, 0.5) is 0 Å². The molecule has 1 N–H and O–H groups in total. The molecule has 18 heavy (non-hydrogen) atoms. The van der Waals surface area contributed by atoms with E-state index in [0.717, 1.165) is 31.5 Å². The number of nitrogens with one attached hydrogen (secondary N) is 1. The summed E-state index contributed by atoms with van der Waals surface area (Å²) in [6.45, 7) is 12.2. The summed E-state index contributed by atoms with van der Waals surface area (Å²) in [6, 6.07) is 0. The van der Waals surface area contributed by atoms with E-state index in [2.05, 4.69) is 33.0 Å². The summed E-state index contributed by atoms with van der Waals surface area (Å²) in [5.41, 5.74) is 0.138. The molecule has 0 heterocycles. The van der Waals surface area contributed by atoms with E-state index in [1.54, 1.807) is 0 Å². The maximum absolute atomic E-state index is 6.31. The zero-order chi connectivity index (χ0) is 13.4. The van der Waals surface area contributed by atoms with Crippen LogP contribution in [0, 0.1) is 11.8 Å². The molecule has 1 saturated carbocycles. The minimum atomic E-state index is 0.138. The van der Waals surface area contributed by atoms with Crippen LogP contribution in [-0.2, 0) is 4.74 Å². The number of hydrogen-bond acceptors (Lipinski definition) is 2. The fourth-order valence-corrected chi connectivity index (χ4v) is 2.79. The van der Waals surface area contributed by atoms with E-state index in [0.29, 0.717) is 0 Å². The lowest BCUT2D eigenvalue weighted by atomic mass is 9.79. The third kappa shape index (κ3) is 5.71. The smallest absolute Gasteiger partial charge is 0.0806 e. The van der Waals surface area contributed by atoms with Gasteiger partial charge in [-0.2, -0.15) is 0 Å². The van der Waals surface area contributed by atoms with Crippen LogP contribution in [0.5, 0.6) is 0 Å². The van der Waals surface area contributed by atoms with Crippen molar-refractivity contribution in [1.29, 1.82) is 0 Å². The maximum atomic E-state index is 6.31. The molecule has 0 aromatic rings. The zero-order valence-corrected chi connectivity index (χ0v) is 12.9. The molecule has 1 aliphatic carbocycles. The van der Waals surface area contributed by atoms with Crippen LogP contribution < -0.4 is 5.32 Å². The highest BCUT2D eigenvalue weighted by Gasteiger charge is 2.34. The molecule has 0 aromatic carbocycles. The molecule has 1 aliphatic rings. The lowest BCUT2D eigenvalue weighted by molar-refractivity contribution is -0.0765. The van der Waals surface area contributed by atoms with Crippen LogP contribution in [0.25, 0.3) is 0 Å². The van der Waals surface area contributed by atoms with Gasteiger partial charge in [0.2, 0.25) is 0 Å². The van der Waals surface area contributed by atoms with Crippen molar-refractivity contribution in [2.45, 2.75) is 71.8 Å². The number of ether oxygens (including phenoxy) is 1. The Hall–Kier alpha value is -0.0800. The van der Waals surface area contributed by atoms with E-state index in [1.165, 1.54) is 38.5 Å². The quantitative estimate of drug-likeness (QED) is 0.662. The van der Waals surface area contributed by atoms with Crippen molar-refractivity contribution in [3.63, 3.8) is 0 Å². The number of rotatable bonds is 8. The van der Waals surface area contributed by atoms with Crippen molar-refractivity contribution in [3.8, 4) is 0 Å². The molecule has 0 aromatic heterocycles. The Morgan fingerprint density at radius 2 is 1.94 bits per heavy atom. The fraction of sp³-hybridized carbons (Fsp3) is 1.00. The van der Waals surface area contributed by atoms with Gasteiger partial charge < -0.3 is 10.1 Å². The molecule has 0 aliphatic heterocycles. The monoisotopic (exact) mass is 255 g/mol. The Morgan fingerprint density at radius 3 is 2.50 bits per heavy atom. The molecule has 0 atom stereocenters. The van der Waals surface area contributed by atoms with Crippen LogP contribution in [0.1, 0.15) is 66.2 Å². The number of likely N-dealkylation sites (N-methyl/N-ethyl adjacent to an activating group) is 1. The van der Waals surface area contributed by atoms with Gasteiger partial charge in [0, 0.05) is 13.2 Å². The summed E-state index contributed by atoms with van der Waals surface area (Å²) < 4.78 is 6.31. The SMILES string of the molecule is CCNCC1(OCCCC(C)C)CCC(C)CC1. The molecule has 108 valence electrons. The molecular weight excluding hydrogens is 222 g/mol. The van der Waals surface area contributed by atoms with Crippen LogP contribution in [0.15, 0.2) is 0 Å². The standard InChI is InChI=1S/C16H33NO/c1-5-17-13-16(10-8-15(4)9-11-16)18-12-6-7-14(2)3/h14-15,17H,5-13H2,1-4H3. The Labute approximate surface area is 114 Å². The van der Waals surface area contributed by atoms with Crippen LogP contribution >= 0.6 is 0 Å². The highest BCUT2D eigenvalue weighted by molar-refractivity contribution is 4.88.